The molecule has 1 heterocycles. The third-order valence-corrected chi connectivity index (χ3v) is 3.02. The summed E-state index contributed by atoms with van der Waals surface area (Å²) in [6.45, 7) is 2.19. The van der Waals surface area contributed by atoms with Gasteiger partial charge in [-0.3, -0.25) is 0 Å². The maximum atomic E-state index is 4.49. The SMILES string of the molecule is CCCc1csc(CSC)n1. The molecule has 1 rings (SSSR count). The number of aryl methyl sites for hydroxylation is 1. The largest absolute Gasteiger partial charge is 0.245 e. The number of hydrogen-bond acceptors (Lipinski definition) is 3. The van der Waals surface area contributed by atoms with Crippen molar-refractivity contribution in [3.8, 4) is 0 Å². The number of hydrogen-bond donors (Lipinski definition) is 0. The fourth-order valence-corrected chi connectivity index (χ4v) is 2.46. The number of thiazole rings is 1. The van der Waals surface area contributed by atoms with Gasteiger partial charge in [0.15, 0.2) is 0 Å². The number of thioether (sulfide) groups is 1. The summed E-state index contributed by atoms with van der Waals surface area (Å²) in [4.78, 5) is 4.49. The van der Waals surface area contributed by atoms with Gasteiger partial charge in [-0.2, -0.15) is 11.8 Å². The van der Waals surface area contributed by atoms with Gasteiger partial charge in [0, 0.05) is 11.1 Å². The number of rotatable bonds is 4. The van der Waals surface area contributed by atoms with E-state index in [9.17, 15) is 0 Å². The summed E-state index contributed by atoms with van der Waals surface area (Å²) in [5.41, 5.74) is 1.27. The Morgan fingerprint density at radius 3 is 3.09 bits per heavy atom. The first kappa shape index (κ1) is 9.07. The van der Waals surface area contributed by atoms with Gasteiger partial charge in [0.05, 0.1) is 5.69 Å². The van der Waals surface area contributed by atoms with Gasteiger partial charge in [0.1, 0.15) is 5.01 Å². The molecular formula is C8H13NS2. The second kappa shape index (κ2) is 4.78. The van der Waals surface area contributed by atoms with Crippen LogP contribution in [0.4, 0.5) is 0 Å². The van der Waals surface area contributed by atoms with Gasteiger partial charge in [0.25, 0.3) is 0 Å². The highest BCUT2D eigenvalue weighted by Gasteiger charge is 1.98. The van der Waals surface area contributed by atoms with Crippen molar-refractivity contribution in [3.63, 3.8) is 0 Å². The van der Waals surface area contributed by atoms with E-state index in [1.807, 2.05) is 11.8 Å². The molecule has 0 saturated carbocycles. The molecule has 3 heteroatoms. The molecule has 1 nitrogen and oxygen atoms in total. The van der Waals surface area contributed by atoms with Crippen molar-refractivity contribution in [3.05, 3.63) is 16.1 Å². The predicted octanol–water partition coefficient (Wildman–Crippen LogP) is 2.96. The topological polar surface area (TPSA) is 12.9 Å². The van der Waals surface area contributed by atoms with E-state index in [-0.39, 0.29) is 0 Å². The molecule has 0 atom stereocenters. The van der Waals surface area contributed by atoms with Crippen LogP contribution in [0.25, 0.3) is 0 Å². The maximum Gasteiger partial charge on any atom is 0.103 e. The molecule has 0 saturated heterocycles. The lowest BCUT2D eigenvalue weighted by molar-refractivity contribution is 0.887. The molecule has 0 bridgehead atoms. The third kappa shape index (κ3) is 2.83. The summed E-state index contributed by atoms with van der Waals surface area (Å²) < 4.78 is 0. The molecule has 62 valence electrons. The van der Waals surface area contributed by atoms with Crippen molar-refractivity contribution < 1.29 is 0 Å². The van der Waals surface area contributed by atoms with Crippen LogP contribution in [-0.2, 0) is 12.2 Å². The molecule has 1 aromatic rings. The molecule has 0 aliphatic rings. The lowest BCUT2D eigenvalue weighted by Crippen LogP contribution is -1.83. The molecule has 0 aromatic carbocycles. The van der Waals surface area contributed by atoms with E-state index in [2.05, 4.69) is 23.5 Å². The zero-order valence-corrected chi connectivity index (χ0v) is 8.60. The fraction of sp³-hybridized carbons (Fsp3) is 0.625. The van der Waals surface area contributed by atoms with Gasteiger partial charge in [-0.15, -0.1) is 11.3 Å². The Labute approximate surface area is 76.2 Å². The van der Waals surface area contributed by atoms with Gasteiger partial charge in [-0.1, -0.05) is 13.3 Å². The van der Waals surface area contributed by atoms with Gasteiger partial charge in [0.2, 0.25) is 0 Å². The Kier molecular flexibility index (Phi) is 3.94. The smallest absolute Gasteiger partial charge is 0.103 e. The first-order valence-corrected chi connectivity index (χ1v) is 6.06. The van der Waals surface area contributed by atoms with E-state index in [0.717, 1.165) is 12.2 Å². The molecule has 0 fully saturated rings. The van der Waals surface area contributed by atoms with Crippen LogP contribution in [0.1, 0.15) is 24.0 Å². The Balaban J connectivity index is 2.51. The Hall–Kier alpha value is -0.0200. The van der Waals surface area contributed by atoms with E-state index < -0.39 is 0 Å². The minimum absolute atomic E-state index is 1.06. The number of nitrogens with zero attached hydrogens (tertiary/aromatic N) is 1. The van der Waals surface area contributed by atoms with E-state index in [1.54, 1.807) is 11.3 Å². The van der Waals surface area contributed by atoms with Crippen LogP contribution >= 0.6 is 23.1 Å². The van der Waals surface area contributed by atoms with Crippen molar-refractivity contribution >= 4 is 23.1 Å². The highest BCUT2D eigenvalue weighted by atomic mass is 32.2. The summed E-state index contributed by atoms with van der Waals surface area (Å²) in [6, 6.07) is 0. The first-order chi connectivity index (χ1) is 5.36. The van der Waals surface area contributed by atoms with Crippen LogP contribution < -0.4 is 0 Å². The van der Waals surface area contributed by atoms with Crippen molar-refractivity contribution in [1.82, 2.24) is 4.98 Å². The monoisotopic (exact) mass is 187 g/mol. The Morgan fingerprint density at radius 1 is 1.64 bits per heavy atom. The number of aromatic nitrogens is 1. The molecule has 0 aliphatic heterocycles. The van der Waals surface area contributed by atoms with Crippen LogP contribution in [0.2, 0.25) is 0 Å². The molecule has 0 amide bonds. The molecule has 1 aromatic heterocycles. The molecular weight excluding hydrogens is 174 g/mol. The van der Waals surface area contributed by atoms with Gasteiger partial charge in [-0.05, 0) is 12.7 Å². The molecule has 0 aliphatic carbocycles. The lowest BCUT2D eigenvalue weighted by atomic mass is 10.3. The van der Waals surface area contributed by atoms with Crippen molar-refractivity contribution in [2.75, 3.05) is 6.26 Å². The highest BCUT2D eigenvalue weighted by molar-refractivity contribution is 7.97. The predicted molar refractivity (Wildman–Crippen MR) is 53.3 cm³/mol. The highest BCUT2D eigenvalue weighted by Crippen LogP contribution is 2.15. The van der Waals surface area contributed by atoms with Crippen LogP contribution in [0.3, 0.4) is 0 Å². The van der Waals surface area contributed by atoms with E-state index in [0.29, 0.717) is 0 Å². The van der Waals surface area contributed by atoms with E-state index in [1.165, 1.54) is 17.1 Å². The summed E-state index contributed by atoms with van der Waals surface area (Å²) in [5.74, 6) is 1.06. The molecule has 0 unspecified atom stereocenters. The molecule has 0 spiro atoms. The van der Waals surface area contributed by atoms with Crippen LogP contribution in [0, 0.1) is 0 Å². The van der Waals surface area contributed by atoms with Gasteiger partial charge >= 0.3 is 0 Å². The minimum atomic E-state index is 1.06. The summed E-state index contributed by atoms with van der Waals surface area (Å²) >= 11 is 3.62. The third-order valence-electron chi connectivity index (χ3n) is 1.37. The zero-order chi connectivity index (χ0) is 8.10. The quantitative estimate of drug-likeness (QED) is 0.719. The normalized spacial score (nSPS) is 10.4. The standard InChI is InChI=1S/C8H13NS2/c1-3-4-7-5-11-8(9-7)6-10-2/h5H,3-4,6H2,1-2H3. The molecule has 0 N–H and O–H groups in total. The fourth-order valence-electron chi connectivity index (χ4n) is 0.910. The van der Waals surface area contributed by atoms with Crippen molar-refractivity contribution in [2.24, 2.45) is 0 Å². The lowest BCUT2D eigenvalue weighted by Gasteiger charge is -1.89. The van der Waals surface area contributed by atoms with Gasteiger partial charge < -0.3 is 0 Å². The zero-order valence-electron chi connectivity index (χ0n) is 6.96. The second-order valence-corrected chi connectivity index (χ2v) is 4.22. The molecule has 0 radical (unpaired) electrons. The summed E-state index contributed by atoms with van der Waals surface area (Å²) in [5, 5.41) is 3.44. The molecule has 11 heavy (non-hydrogen) atoms. The van der Waals surface area contributed by atoms with Gasteiger partial charge in [-0.25, -0.2) is 4.98 Å². The summed E-state index contributed by atoms with van der Waals surface area (Å²) in [7, 11) is 0. The van der Waals surface area contributed by atoms with Crippen LogP contribution in [0.15, 0.2) is 5.38 Å². The van der Waals surface area contributed by atoms with Crippen molar-refractivity contribution in [2.45, 2.75) is 25.5 Å². The second-order valence-electron chi connectivity index (χ2n) is 2.42. The van der Waals surface area contributed by atoms with E-state index >= 15 is 0 Å². The Morgan fingerprint density at radius 2 is 2.45 bits per heavy atom. The minimum Gasteiger partial charge on any atom is -0.245 e. The summed E-state index contributed by atoms with van der Waals surface area (Å²) in [6.07, 6.45) is 4.44. The Bertz CT molecular complexity index is 187. The maximum absolute atomic E-state index is 4.49. The average molecular weight is 187 g/mol. The average Bonchev–Trinajstić information content (AvgIpc) is 2.38. The van der Waals surface area contributed by atoms with Crippen LogP contribution in [-0.4, -0.2) is 11.2 Å². The van der Waals surface area contributed by atoms with Crippen LogP contribution in [0.5, 0.6) is 0 Å². The van der Waals surface area contributed by atoms with E-state index in [4.69, 9.17) is 0 Å². The first-order valence-electron chi connectivity index (χ1n) is 3.79. The van der Waals surface area contributed by atoms with Crippen molar-refractivity contribution in [1.29, 1.82) is 0 Å².